The summed E-state index contributed by atoms with van der Waals surface area (Å²) in [4.78, 5) is 29.9. The van der Waals surface area contributed by atoms with Gasteiger partial charge in [-0.05, 0) is 67.6 Å². The summed E-state index contributed by atoms with van der Waals surface area (Å²) >= 11 is 0. The molecule has 3 N–H and O–H groups in total. The number of carbonyl (C=O) groups excluding carboxylic acids is 1. The summed E-state index contributed by atoms with van der Waals surface area (Å²) in [6.07, 6.45) is 8.50. The highest BCUT2D eigenvalue weighted by Crippen LogP contribution is 2.29. The third kappa shape index (κ3) is 5.34. The molecule has 9 nitrogen and oxygen atoms in total. The maximum absolute atomic E-state index is 15.1. The van der Waals surface area contributed by atoms with E-state index in [0.29, 0.717) is 28.4 Å². The van der Waals surface area contributed by atoms with Gasteiger partial charge in [-0.25, -0.2) is 13.8 Å². The molecule has 2 aromatic heterocycles. The maximum atomic E-state index is 15.1. The number of rotatable bonds is 7. The number of aryl methyl sites for hydroxylation is 1. The van der Waals surface area contributed by atoms with E-state index in [0.717, 1.165) is 12.3 Å². The molecule has 3 heterocycles. The fraction of sp³-hybridized carbons (Fsp3) is 0.0345. The van der Waals surface area contributed by atoms with Crippen LogP contribution in [-0.4, -0.2) is 21.7 Å². The minimum Gasteiger partial charge on any atom is -0.452 e. The molecule has 1 amide bonds. The molecule has 0 atom stereocenters. The maximum Gasteiger partial charge on any atom is 0.268 e. The normalized spacial score (nSPS) is 13.7. The third-order valence-corrected chi connectivity index (χ3v) is 5.92. The zero-order valence-corrected chi connectivity index (χ0v) is 20.9. The second-order valence-electron chi connectivity index (χ2n) is 8.57. The van der Waals surface area contributed by atoms with Crippen molar-refractivity contribution in [2.75, 3.05) is 5.32 Å². The van der Waals surface area contributed by atoms with Crippen LogP contribution in [0.1, 0.15) is 21.8 Å². The zero-order chi connectivity index (χ0) is 28.2. The number of hydrogen-bond acceptors (Lipinski definition) is 7. The van der Waals surface area contributed by atoms with Gasteiger partial charge in [0.25, 0.3) is 11.5 Å². The Balaban J connectivity index is 1.37. The Morgan fingerprint density at radius 2 is 1.95 bits per heavy atom. The van der Waals surface area contributed by atoms with Crippen LogP contribution in [-0.2, 0) is 0 Å². The number of amides is 1. The molecular formula is C29H21F2N5O4. The quantitative estimate of drug-likeness (QED) is 0.280. The van der Waals surface area contributed by atoms with Gasteiger partial charge in [-0.1, -0.05) is 0 Å². The fourth-order valence-electron chi connectivity index (χ4n) is 3.98. The van der Waals surface area contributed by atoms with Crippen LogP contribution in [0.2, 0.25) is 0 Å². The molecule has 2 aromatic carbocycles. The lowest BCUT2D eigenvalue weighted by atomic mass is 10.1. The number of pyridine rings is 1. The van der Waals surface area contributed by atoms with Crippen molar-refractivity contribution in [3.63, 3.8) is 0 Å². The molecule has 0 radical (unpaired) electrons. The average molecular weight is 542 g/mol. The molecule has 1 aliphatic heterocycles. The molecule has 40 heavy (non-hydrogen) atoms. The van der Waals surface area contributed by atoms with Gasteiger partial charge in [0.2, 0.25) is 0 Å². The lowest BCUT2D eigenvalue weighted by molar-refractivity contribution is 0.102. The molecule has 0 spiro atoms. The summed E-state index contributed by atoms with van der Waals surface area (Å²) in [7, 11) is 0. The number of dihydropyridines is 1. The molecule has 4 aromatic rings. The van der Waals surface area contributed by atoms with E-state index >= 15 is 4.39 Å². The van der Waals surface area contributed by atoms with Crippen molar-refractivity contribution in [1.29, 1.82) is 5.41 Å². The number of benzene rings is 2. The number of aromatic nitrogens is 2. The Bertz CT molecular complexity index is 1750. The zero-order valence-electron chi connectivity index (χ0n) is 20.9. The third-order valence-electron chi connectivity index (χ3n) is 5.92. The summed E-state index contributed by atoms with van der Waals surface area (Å²) in [6, 6.07) is 12.1. The SMILES string of the molecule is Cc1ccc(C(=O)Nc2ccc(OC3=CC(c4cnco4)=CN/C3=C\C=N)c(F)c2)c(=O)n1-c1ccc(F)cc1. The largest absolute Gasteiger partial charge is 0.452 e. The van der Waals surface area contributed by atoms with Crippen molar-refractivity contribution in [2.45, 2.75) is 6.92 Å². The number of hydrogen-bond donors (Lipinski definition) is 3. The van der Waals surface area contributed by atoms with E-state index in [-0.39, 0.29) is 22.8 Å². The van der Waals surface area contributed by atoms with Crippen molar-refractivity contribution in [2.24, 2.45) is 0 Å². The van der Waals surface area contributed by atoms with E-state index in [1.165, 1.54) is 65.7 Å². The van der Waals surface area contributed by atoms with E-state index in [1.807, 2.05) is 0 Å². The Morgan fingerprint density at radius 1 is 1.15 bits per heavy atom. The summed E-state index contributed by atoms with van der Waals surface area (Å²) < 4.78 is 40.8. The lowest BCUT2D eigenvalue weighted by Gasteiger charge is -2.19. The molecule has 5 rings (SSSR count). The first-order chi connectivity index (χ1) is 19.3. The van der Waals surface area contributed by atoms with E-state index in [9.17, 15) is 14.0 Å². The average Bonchev–Trinajstić information content (AvgIpc) is 3.47. The topological polar surface area (TPSA) is 122 Å². The number of anilines is 1. The van der Waals surface area contributed by atoms with Gasteiger partial charge in [-0.15, -0.1) is 0 Å². The Morgan fingerprint density at radius 3 is 2.65 bits per heavy atom. The molecule has 0 fully saturated rings. The van der Waals surface area contributed by atoms with Crippen LogP contribution in [0.4, 0.5) is 14.5 Å². The number of allylic oxidation sites excluding steroid dienone is 3. The molecule has 0 aliphatic carbocycles. The van der Waals surface area contributed by atoms with Gasteiger partial charge in [-0.3, -0.25) is 14.2 Å². The predicted molar refractivity (Wildman–Crippen MR) is 144 cm³/mol. The summed E-state index contributed by atoms with van der Waals surface area (Å²) in [5, 5.41) is 12.9. The second-order valence-corrected chi connectivity index (χ2v) is 8.57. The highest BCUT2D eigenvalue weighted by Gasteiger charge is 2.19. The number of nitrogens with zero attached hydrogens (tertiary/aromatic N) is 2. The lowest BCUT2D eigenvalue weighted by Crippen LogP contribution is -2.29. The van der Waals surface area contributed by atoms with Gasteiger partial charge in [0.05, 0.1) is 11.9 Å². The van der Waals surface area contributed by atoms with Gasteiger partial charge in [0.15, 0.2) is 29.5 Å². The standard InChI is InChI=1S/C29H21F2N5O4/c1-17-2-8-22(29(38)36(17)21-6-3-19(30)4-7-21)28(37)35-20-5-9-25(23(31)13-20)40-26-12-18(27-15-33-16-39-27)14-34-24(26)10-11-32/h2-16,32,34H,1H3,(H,35,37)/b24-10-,32-11?. The minimum atomic E-state index is -0.781. The van der Waals surface area contributed by atoms with Crippen molar-refractivity contribution >= 4 is 23.4 Å². The number of oxazole rings is 1. The Hall–Kier alpha value is -5.58. The number of carbonyl (C=O) groups is 1. The Kier molecular flexibility index (Phi) is 7.18. The van der Waals surface area contributed by atoms with Crippen LogP contribution in [0.15, 0.2) is 106 Å². The molecule has 1 aliphatic rings. The highest BCUT2D eigenvalue weighted by molar-refractivity contribution is 6.04. The van der Waals surface area contributed by atoms with Crippen LogP contribution in [0, 0.1) is 24.0 Å². The number of halogens is 2. The van der Waals surface area contributed by atoms with E-state index < -0.39 is 23.1 Å². The minimum absolute atomic E-state index is 0.0939. The van der Waals surface area contributed by atoms with E-state index in [2.05, 4.69) is 15.6 Å². The van der Waals surface area contributed by atoms with Crippen molar-refractivity contribution in [3.05, 3.63) is 136 Å². The van der Waals surface area contributed by atoms with Crippen molar-refractivity contribution in [3.8, 4) is 11.4 Å². The molecule has 0 saturated heterocycles. The van der Waals surface area contributed by atoms with Gasteiger partial charge in [-0.2, -0.15) is 0 Å². The number of ether oxygens (including phenoxy) is 1. The first-order valence-corrected chi connectivity index (χ1v) is 11.9. The van der Waals surface area contributed by atoms with Gasteiger partial charge >= 0.3 is 0 Å². The first-order valence-electron chi connectivity index (χ1n) is 11.9. The molecule has 0 unspecified atom stereocenters. The van der Waals surface area contributed by atoms with E-state index in [4.69, 9.17) is 14.6 Å². The van der Waals surface area contributed by atoms with Crippen LogP contribution in [0.3, 0.4) is 0 Å². The van der Waals surface area contributed by atoms with Crippen molar-refractivity contribution < 1.29 is 22.7 Å². The van der Waals surface area contributed by atoms with Crippen molar-refractivity contribution in [1.82, 2.24) is 14.9 Å². The molecular weight excluding hydrogens is 520 g/mol. The van der Waals surface area contributed by atoms with Crippen LogP contribution < -0.4 is 20.9 Å². The molecule has 0 bridgehead atoms. The summed E-state index contributed by atoms with van der Waals surface area (Å²) in [5.74, 6) is -1.45. The monoisotopic (exact) mass is 541 g/mol. The van der Waals surface area contributed by atoms with Crippen LogP contribution in [0.5, 0.6) is 5.75 Å². The summed E-state index contributed by atoms with van der Waals surface area (Å²) in [6.45, 7) is 1.69. The fourth-order valence-corrected chi connectivity index (χ4v) is 3.98. The second kappa shape index (κ2) is 11.0. The first kappa shape index (κ1) is 26.0. The van der Waals surface area contributed by atoms with Crippen LogP contribution in [0.25, 0.3) is 11.3 Å². The summed E-state index contributed by atoms with van der Waals surface area (Å²) in [5.41, 5.74) is 1.25. The van der Waals surface area contributed by atoms with Gasteiger partial charge in [0.1, 0.15) is 11.4 Å². The van der Waals surface area contributed by atoms with Gasteiger partial charge in [0, 0.05) is 41.1 Å². The molecule has 11 heteroatoms. The predicted octanol–water partition coefficient (Wildman–Crippen LogP) is 5.10. The Labute approximate surface area is 226 Å². The van der Waals surface area contributed by atoms with Gasteiger partial charge < -0.3 is 25.2 Å². The molecule has 0 saturated carbocycles. The number of nitrogens with one attached hydrogen (secondary N) is 3. The van der Waals surface area contributed by atoms with Crippen LogP contribution >= 0.6 is 0 Å². The molecule has 200 valence electrons. The highest BCUT2D eigenvalue weighted by atomic mass is 19.1. The van der Waals surface area contributed by atoms with E-state index in [1.54, 1.807) is 25.3 Å². The smallest absolute Gasteiger partial charge is 0.268 e.